The average Bonchev–Trinajstić information content (AvgIpc) is 3.33. The second-order valence-electron chi connectivity index (χ2n) is 14.5. The summed E-state index contributed by atoms with van der Waals surface area (Å²) in [5.41, 5.74) is 9.49. The van der Waals surface area contributed by atoms with Crippen molar-refractivity contribution in [2.75, 3.05) is 52.1 Å². The minimum atomic E-state index is -5.41. The van der Waals surface area contributed by atoms with Crippen LogP contribution in [0.15, 0.2) is 137 Å². The standard InChI is InChI=1S/C38H35ClN12O19S6.4Na/c39-36-45-37(43-23-7-12-27(13-8-23)73(56,57)18-16-68-76(64,65)66)47-38(46-36)44-25-9-14-30(74(58,59)60)28(19-25)49-50-29-20-31(75(61,62)63)33(41)34(32(29)40)51-48-24-3-1-21(2-4-24)35(52)42-22-5-10-26(11-6-22)72(54,55)17-15-67-71-70-69-53;;;;/h1-14,19-20,53H,15-18,40-41H2,(H,42,52)(H,58,59,60)(H,61,62,63)(H,64,65,66)(H2,43,44,45,46,47);;;;/q;4*+1/p-4. The normalized spacial score (nSPS) is 11.9. The summed E-state index contributed by atoms with van der Waals surface area (Å²) in [6.07, 6.45) is 0. The van der Waals surface area contributed by atoms with Crippen molar-refractivity contribution in [1.82, 2.24) is 15.0 Å². The summed E-state index contributed by atoms with van der Waals surface area (Å²) >= 11 is 6.26. The molecule has 6 aromatic rings. The Labute approximate surface area is 553 Å². The van der Waals surface area contributed by atoms with Crippen molar-refractivity contribution >= 4 is 143 Å². The van der Waals surface area contributed by atoms with Crippen molar-refractivity contribution in [3.05, 3.63) is 108 Å². The third-order valence-corrected chi connectivity index (χ3v) is 15.5. The smallest absolute Gasteiger partial charge is 0.744 e. The van der Waals surface area contributed by atoms with E-state index in [0.29, 0.717) is 6.07 Å². The minimum Gasteiger partial charge on any atom is -0.744 e. The first kappa shape index (κ1) is 73.2. The molecule has 31 nitrogen and oxygen atoms in total. The Bertz CT molecular complexity index is 3810. The summed E-state index contributed by atoms with van der Waals surface area (Å²) in [5, 5.41) is 35.9. The van der Waals surface area contributed by atoms with E-state index in [0.717, 1.165) is 30.3 Å². The molecule has 80 heavy (non-hydrogen) atoms. The predicted octanol–water partition coefficient (Wildman–Crippen LogP) is -8.09. The van der Waals surface area contributed by atoms with Gasteiger partial charge in [0.15, 0.2) is 32.0 Å². The van der Waals surface area contributed by atoms with Crippen LogP contribution in [0.3, 0.4) is 0 Å². The number of sulfone groups is 2. The average molecular weight is 1280 g/mol. The van der Waals surface area contributed by atoms with Gasteiger partial charge >= 0.3 is 118 Å². The fourth-order valence-electron chi connectivity index (χ4n) is 5.94. The largest absolute Gasteiger partial charge is 1.00 e. The zero-order chi connectivity index (χ0) is 55.6. The van der Waals surface area contributed by atoms with E-state index in [1.165, 1.54) is 60.7 Å². The Morgan fingerprint density at radius 3 is 1.65 bits per heavy atom. The van der Waals surface area contributed by atoms with E-state index in [1.807, 2.05) is 0 Å². The van der Waals surface area contributed by atoms with Gasteiger partial charge in [0.05, 0.1) is 61.4 Å². The summed E-state index contributed by atoms with van der Waals surface area (Å²) in [6, 6.07) is 18.7. The van der Waals surface area contributed by atoms with E-state index in [9.17, 15) is 65.8 Å². The molecular formula is C38H31ClN12Na4O19S6. The number of hydrogen-bond donors (Lipinski definition) is 5. The molecule has 0 atom stereocenters. The molecule has 0 radical (unpaired) electrons. The maximum Gasteiger partial charge on any atom is 1.00 e. The number of nitrogens with two attached hydrogens (primary N) is 2. The number of carbonyl (C=O) groups excluding carboxylic acids is 1. The molecule has 6 rings (SSSR count). The van der Waals surface area contributed by atoms with Crippen LogP contribution in [0.4, 0.5) is 63.1 Å². The van der Waals surface area contributed by atoms with Gasteiger partial charge in [0.1, 0.15) is 37.3 Å². The van der Waals surface area contributed by atoms with Gasteiger partial charge in [-0.1, -0.05) is 0 Å². The molecule has 0 aliphatic heterocycles. The maximum atomic E-state index is 13.0. The van der Waals surface area contributed by atoms with Gasteiger partial charge in [-0.3, -0.25) is 18.2 Å². The quantitative estimate of drug-likeness (QED) is 0.00432. The number of aromatic nitrogens is 3. The molecule has 5 aromatic carbocycles. The van der Waals surface area contributed by atoms with E-state index in [-0.39, 0.29) is 187 Å². The Balaban J connectivity index is 0.00000547. The van der Waals surface area contributed by atoms with Crippen molar-refractivity contribution in [2.24, 2.45) is 20.5 Å². The van der Waals surface area contributed by atoms with Crippen molar-refractivity contribution in [3.8, 4) is 0 Å². The molecule has 0 spiro atoms. The molecule has 0 aliphatic rings. The van der Waals surface area contributed by atoms with Crippen LogP contribution in [-0.4, -0.2) is 101 Å². The van der Waals surface area contributed by atoms with Crippen molar-refractivity contribution in [2.45, 2.75) is 19.6 Å². The van der Waals surface area contributed by atoms with Gasteiger partial charge < -0.3 is 46.3 Å². The first-order valence-corrected chi connectivity index (χ1v) is 28.6. The van der Waals surface area contributed by atoms with E-state index in [1.54, 1.807) is 0 Å². The SMILES string of the molecule is Nc1c(N=Nc2cc(Nc3nc(Cl)nc(Nc4ccc(S(=O)(=O)CCOS(=O)(=O)[O-])cc4)n3)ccc2S(=O)(=O)[O-])cc(S(=O)(=O)[O-])c(N)c1N=Nc1ccc(C(=O)Nc2ccc(S(=O)(=O)CCOSOO[O-])cc2)cc1.[Na+].[Na+].[Na+].[Na+]. The summed E-state index contributed by atoms with van der Waals surface area (Å²) < 4.78 is 169. The number of nitrogens with one attached hydrogen (secondary N) is 3. The van der Waals surface area contributed by atoms with Crippen LogP contribution >= 0.6 is 23.9 Å². The van der Waals surface area contributed by atoms with Gasteiger partial charge in [-0.25, -0.2) is 42.1 Å². The van der Waals surface area contributed by atoms with E-state index < -0.39 is 118 Å². The first-order chi connectivity index (χ1) is 35.6. The van der Waals surface area contributed by atoms with E-state index in [2.05, 4.69) is 64.9 Å². The van der Waals surface area contributed by atoms with E-state index in [4.69, 9.17) is 27.3 Å². The summed E-state index contributed by atoms with van der Waals surface area (Å²) in [7, 11) is -23.7. The second-order valence-corrected chi connectivity index (χ2v) is 23.3. The number of halogens is 1. The minimum absolute atomic E-state index is 0. The van der Waals surface area contributed by atoms with Gasteiger partial charge in [0.25, 0.3) is 5.91 Å². The summed E-state index contributed by atoms with van der Waals surface area (Å²) in [4.78, 5) is 22.6. The number of nitrogens with zero attached hydrogens (tertiary/aromatic N) is 7. The maximum absolute atomic E-state index is 13.0. The Morgan fingerprint density at radius 2 is 1.11 bits per heavy atom. The molecule has 0 unspecified atom stereocenters. The first-order valence-electron chi connectivity index (χ1n) is 20.1. The molecule has 0 aliphatic carbocycles. The zero-order valence-corrected chi connectivity index (χ0v) is 55.1. The molecule has 0 fully saturated rings. The molecule has 0 saturated heterocycles. The third kappa shape index (κ3) is 21.6. The number of benzene rings is 5. The van der Waals surface area contributed by atoms with E-state index >= 15 is 0 Å². The Hall–Kier alpha value is -2.95. The number of azo groups is 2. The molecule has 42 heteroatoms. The van der Waals surface area contributed by atoms with Crippen molar-refractivity contribution in [3.63, 3.8) is 0 Å². The number of hydrogen-bond acceptors (Lipinski definition) is 31. The van der Waals surface area contributed by atoms with Crippen LogP contribution in [0.2, 0.25) is 5.28 Å². The molecule has 404 valence electrons. The Kier molecular flexibility index (Phi) is 29.1. The molecule has 1 heterocycles. The zero-order valence-electron chi connectivity index (χ0n) is 41.4. The van der Waals surface area contributed by atoms with Crippen LogP contribution in [-0.2, 0) is 68.0 Å². The van der Waals surface area contributed by atoms with Crippen LogP contribution in [0.25, 0.3) is 0 Å². The molecule has 7 N–H and O–H groups in total. The topological polar surface area (TPSA) is 493 Å². The number of nitrogen functional groups attached to an aromatic ring is 2. The van der Waals surface area contributed by atoms with Gasteiger partial charge in [0, 0.05) is 22.6 Å². The molecule has 0 saturated carbocycles. The molecule has 1 aromatic heterocycles. The van der Waals surface area contributed by atoms with Crippen molar-refractivity contribution < 1.29 is 202 Å². The fourth-order valence-corrected chi connectivity index (χ4v) is 10.2. The Morgan fingerprint density at radius 1 is 0.600 bits per heavy atom. The van der Waals surface area contributed by atoms with Gasteiger partial charge in [-0.05, 0) is 109 Å². The molecular weight excluding hydrogens is 1250 g/mol. The van der Waals surface area contributed by atoms with Gasteiger partial charge in [-0.2, -0.15) is 20.1 Å². The number of anilines is 7. The monoisotopic (exact) mass is 1280 g/mol. The predicted molar refractivity (Wildman–Crippen MR) is 260 cm³/mol. The fraction of sp³-hybridized carbons (Fsp3) is 0.105. The number of carbonyl (C=O) groups is 1. The summed E-state index contributed by atoms with van der Waals surface area (Å²) in [5.74, 6) is -2.45. The van der Waals surface area contributed by atoms with Gasteiger partial charge in [-0.15, -0.1) is 19.7 Å². The second kappa shape index (κ2) is 31.8. The number of rotatable bonds is 24. The molecule has 0 bridgehead atoms. The van der Waals surface area contributed by atoms with Crippen LogP contribution < -0.4 is 151 Å². The van der Waals surface area contributed by atoms with Gasteiger partial charge in [0.2, 0.25) is 27.6 Å². The summed E-state index contributed by atoms with van der Waals surface area (Å²) in [6.45, 7) is -1.25. The van der Waals surface area contributed by atoms with Crippen molar-refractivity contribution in [1.29, 1.82) is 0 Å². The van der Waals surface area contributed by atoms with Crippen LogP contribution in [0.1, 0.15) is 10.4 Å². The number of amides is 1. The van der Waals surface area contributed by atoms with Crippen LogP contribution in [0, 0.1) is 0 Å². The third-order valence-electron chi connectivity index (χ3n) is 9.40. The molecule has 1 amide bonds. The van der Waals surface area contributed by atoms with Crippen LogP contribution in [0.5, 0.6) is 0 Å².